The Morgan fingerprint density at radius 3 is 2.09 bits per heavy atom. The predicted octanol–water partition coefficient (Wildman–Crippen LogP) is -0.714. The number of aliphatic hydroxyl groups excluding tert-OH is 2. The van der Waals surface area contributed by atoms with Gasteiger partial charge in [0.2, 0.25) is 5.95 Å². The molecule has 0 aliphatic carbocycles. The molecule has 20 nitrogen and oxygen atoms in total. The number of phosphoric acid groups is 2. The first kappa shape index (κ1) is 29.6. The summed E-state index contributed by atoms with van der Waals surface area (Å²) in [4.78, 5) is 48.1. The van der Waals surface area contributed by atoms with Crippen LogP contribution in [0, 0.1) is 0 Å². The van der Waals surface area contributed by atoms with Crippen LogP contribution in [-0.2, 0) is 36.7 Å². The fourth-order valence-corrected chi connectivity index (χ4v) is 7.27. The fraction of sp³-hybridized carbons (Fsp3) is 0.455. The van der Waals surface area contributed by atoms with Crippen LogP contribution in [0.3, 0.4) is 0 Å². The minimum Gasteiger partial charge on any atom is -0.387 e. The average molecular weight is 657 g/mol. The van der Waals surface area contributed by atoms with Crippen molar-refractivity contribution < 1.29 is 56.7 Å². The summed E-state index contributed by atoms with van der Waals surface area (Å²) >= 11 is 0. The zero-order chi connectivity index (χ0) is 31.0. The van der Waals surface area contributed by atoms with E-state index in [4.69, 9.17) is 33.3 Å². The number of fused-ring (bicyclic) bond motifs is 6. The fourth-order valence-electron chi connectivity index (χ4n) is 5.40. The first-order valence-electron chi connectivity index (χ1n) is 13.0. The van der Waals surface area contributed by atoms with Crippen LogP contribution in [0.1, 0.15) is 12.5 Å². The van der Waals surface area contributed by atoms with Crippen molar-refractivity contribution >= 4 is 43.8 Å². The topological polar surface area (TPSA) is 278 Å². The van der Waals surface area contributed by atoms with E-state index in [0.29, 0.717) is 11.0 Å². The third kappa shape index (κ3) is 5.18. The molecule has 1 aromatic carbocycles. The van der Waals surface area contributed by atoms with Gasteiger partial charge in [0.1, 0.15) is 36.6 Å². The number of nitrogens with two attached hydrogens (primary N) is 1. The molecule has 6 heterocycles. The lowest BCUT2D eigenvalue weighted by molar-refractivity contribution is -0.0674. The first-order valence-corrected chi connectivity index (χ1v) is 16.0. The predicted molar refractivity (Wildman–Crippen MR) is 143 cm³/mol. The van der Waals surface area contributed by atoms with Crippen molar-refractivity contribution in [2.45, 2.75) is 49.1 Å². The van der Waals surface area contributed by atoms with E-state index in [1.54, 1.807) is 24.3 Å². The van der Waals surface area contributed by atoms with Crippen molar-refractivity contribution in [1.82, 2.24) is 29.1 Å². The van der Waals surface area contributed by atoms with Crippen molar-refractivity contribution in [2.24, 2.45) is 0 Å². The van der Waals surface area contributed by atoms with Crippen LogP contribution in [0.25, 0.3) is 22.2 Å². The highest BCUT2D eigenvalue weighted by molar-refractivity contribution is 7.47. The summed E-state index contributed by atoms with van der Waals surface area (Å²) in [5.41, 5.74) is 5.77. The second kappa shape index (κ2) is 10.8. The molecule has 22 heteroatoms. The molecule has 3 saturated heterocycles. The number of para-hydroxylation sites is 2. The highest BCUT2D eigenvalue weighted by Crippen LogP contribution is 2.53. The molecule has 3 fully saturated rings. The number of benzene rings is 1. The van der Waals surface area contributed by atoms with E-state index in [2.05, 4.69) is 19.9 Å². The standard InChI is InChI=1S/C22H25N7O13P2/c23-22-26-18-13(19(32)27-22)25-8-29(18)21-17-15(31)12(40-21)6-38-43(33,34)41-16-14(30)11(5-37-44(35,36)42-17)39-20(16)28-7-24-9-3-1-2-4-10(9)28/h1-4,7-8,11-12,14-17,20-21,30-31H,5-6H2,(H,33,34)(H,35,36)(H3,23,26,27,32)/t11-,12-,14+,15?,16?,17+,20-,21-/m1/s1. The van der Waals surface area contributed by atoms with Gasteiger partial charge in [-0.1, -0.05) is 12.1 Å². The number of H-pyrrole nitrogens is 1. The maximum absolute atomic E-state index is 13.1. The number of hydrogen-bond acceptors (Lipinski definition) is 15. The lowest BCUT2D eigenvalue weighted by atomic mass is 10.1. The largest absolute Gasteiger partial charge is 0.472 e. The van der Waals surface area contributed by atoms with Crippen LogP contribution in [0.15, 0.2) is 41.7 Å². The number of aromatic amines is 1. The summed E-state index contributed by atoms with van der Waals surface area (Å²) < 4.78 is 61.6. The molecule has 4 bridgehead atoms. The van der Waals surface area contributed by atoms with E-state index in [1.165, 1.54) is 10.9 Å². The van der Waals surface area contributed by atoms with Crippen molar-refractivity contribution in [3.63, 3.8) is 0 Å². The molecule has 3 aromatic heterocycles. The second-order valence-corrected chi connectivity index (χ2v) is 13.0. The van der Waals surface area contributed by atoms with Gasteiger partial charge in [0, 0.05) is 0 Å². The van der Waals surface area contributed by atoms with E-state index >= 15 is 0 Å². The van der Waals surface area contributed by atoms with Gasteiger partial charge < -0.3 is 39.8 Å². The number of rotatable bonds is 2. The molecule has 236 valence electrons. The summed E-state index contributed by atoms with van der Waals surface area (Å²) in [6, 6.07) is 6.88. The highest BCUT2D eigenvalue weighted by Gasteiger charge is 2.53. The van der Waals surface area contributed by atoms with Gasteiger partial charge in [-0.3, -0.25) is 32.4 Å². The number of ether oxygens (including phenoxy) is 2. The minimum atomic E-state index is -5.05. The Bertz CT molecular complexity index is 1880. The van der Waals surface area contributed by atoms with Crippen molar-refractivity contribution in [2.75, 3.05) is 18.9 Å². The number of aromatic nitrogens is 6. The minimum absolute atomic E-state index is 0.117. The Labute approximate surface area is 245 Å². The number of hydrogen-bond donors (Lipinski definition) is 6. The Hall–Kier alpha value is -3.10. The molecule has 44 heavy (non-hydrogen) atoms. The Balaban J connectivity index is 1.22. The zero-order valence-electron chi connectivity index (χ0n) is 22.2. The number of nitrogens with zero attached hydrogens (tertiary/aromatic N) is 5. The van der Waals surface area contributed by atoms with Gasteiger partial charge in [0.05, 0.1) is 36.9 Å². The van der Waals surface area contributed by atoms with Gasteiger partial charge in [0.25, 0.3) is 5.56 Å². The highest BCUT2D eigenvalue weighted by atomic mass is 31.2. The Kier molecular flexibility index (Phi) is 7.24. The molecule has 0 spiro atoms. The molecule has 0 amide bonds. The second-order valence-electron chi connectivity index (χ2n) is 10.2. The zero-order valence-corrected chi connectivity index (χ0v) is 24.0. The summed E-state index contributed by atoms with van der Waals surface area (Å²) in [5.74, 6) is -0.274. The van der Waals surface area contributed by atoms with E-state index in [9.17, 15) is 33.9 Å². The summed E-state index contributed by atoms with van der Waals surface area (Å²) in [5, 5.41) is 22.1. The van der Waals surface area contributed by atoms with E-state index in [1.807, 2.05) is 0 Å². The Morgan fingerprint density at radius 1 is 0.886 bits per heavy atom. The molecular formula is C22H25N7O13P2. The van der Waals surface area contributed by atoms with Crippen LogP contribution >= 0.6 is 15.6 Å². The quantitative estimate of drug-likeness (QED) is 0.145. The van der Waals surface area contributed by atoms with Crippen LogP contribution in [0.4, 0.5) is 5.95 Å². The summed E-state index contributed by atoms with van der Waals surface area (Å²) in [7, 11) is -10.1. The van der Waals surface area contributed by atoms with Crippen LogP contribution < -0.4 is 11.3 Å². The molecule has 7 N–H and O–H groups in total. The lowest BCUT2D eigenvalue weighted by Crippen LogP contribution is -2.38. The van der Waals surface area contributed by atoms with E-state index in [0.717, 1.165) is 10.9 Å². The lowest BCUT2D eigenvalue weighted by Gasteiger charge is -2.26. The van der Waals surface area contributed by atoms with Crippen molar-refractivity contribution in [1.29, 1.82) is 0 Å². The average Bonchev–Trinajstić information content (AvgIpc) is 3.72. The molecule has 4 aromatic rings. The number of phosphoric ester groups is 2. The molecule has 3 aliphatic heterocycles. The summed E-state index contributed by atoms with van der Waals surface area (Å²) in [6.07, 6.45) is -9.76. The SMILES string of the molecule is Nc1nc2c(ncn2[C@@H]2O[C@@H]3COP(=O)(O)OC4[C@@H](O)[C@@H](COP(=O)(O)O[C@H]2C3O)O[C@H]4n2cnc3ccccc32)c(=O)[nH]1. The smallest absolute Gasteiger partial charge is 0.387 e. The monoisotopic (exact) mass is 657 g/mol. The molecule has 3 aliphatic rings. The van der Waals surface area contributed by atoms with E-state index < -0.39 is 83.5 Å². The maximum atomic E-state index is 13.1. The van der Waals surface area contributed by atoms with Crippen molar-refractivity contribution in [3.8, 4) is 0 Å². The van der Waals surface area contributed by atoms with Gasteiger partial charge in [-0.25, -0.2) is 19.1 Å². The molecule has 0 radical (unpaired) electrons. The van der Waals surface area contributed by atoms with Gasteiger partial charge in [0.15, 0.2) is 23.6 Å². The third-order valence-corrected chi connectivity index (χ3v) is 9.39. The normalized spacial score (nSPS) is 38.3. The Morgan fingerprint density at radius 2 is 1.45 bits per heavy atom. The number of anilines is 1. The van der Waals surface area contributed by atoms with Crippen LogP contribution in [0.2, 0.25) is 0 Å². The van der Waals surface area contributed by atoms with Crippen LogP contribution in [-0.4, -0.2) is 98.9 Å². The number of aliphatic hydroxyl groups is 2. The van der Waals surface area contributed by atoms with Crippen molar-refractivity contribution in [3.05, 3.63) is 47.3 Å². The molecular weight excluding hydrogens is 632 g/mol. The molecule has 10 atom stereocenters. The molecule has 0 saturated carbocycles. The van der Waals surface area contributed by atoms with Crippen LogP contribution in [0.5, 0.6) is 0 Å². The third-order valence-electron chi connectivity index (χ3n) is 7.42. The number of imidazole rings is 2. The van der Waals surface area contributed by atoms with Gasteiger partial charge >= 0.3 is 15.6 Å². The summed E-state index contributed by atoms with van der Waals surface area (Å²) in [6.45, 7) is -1.55. The maximum Gasteiger partial charge on any atom is 0.472 e. The first-order chi connectivity index (χ1) is 20.9. The molecule has 7 rings (SSSR count). The number of nitrogen functional groups attached to an aromatic ring is 1. The number of nitrogens with one attached hydrogen (secondary N) is 1. The molecule has 4 unspecified atom stereocenters. The van der Waals surface area contributed by atoms with Gasteiger partial charge in [-0.2, -0.15) is 4.98 Å². The van der Waals surface area contributed by atoms with E-state index in [-0.39, 0.29) is 17.1 Å². The van der Waals surface area contributed by atoms with Gasteiger partial charge in [-0.15, -0.1) is 0 Å². The van der Waals surface area contributed by atoms with Gasteiger partial charge in [-0.05, 0) is 12.1 Å².